The minimum Gasteiger partial charge on any atom is -0.396 e. The maximum atomic E-state index is 9.97. The highest BCUT2D eigenvalue weighted by atomic mass is 16.3. The number of rotatable bonds is 7. The third kappa shape index (κ3) is 4.50. The summed E-state index contributed by atoms with van der Waals surface area (Å²) < 4.78 is 0. The molecule has 2 unspecified atom stereocenters. The van der Waals surface area contributed by atoms with Crippen molar-refractivity contribution < 1.29 is 5.11 Å². The number of aliphatic hydroxyl groups excluding tert-OH is 1. The quantitative estimate of drug-likeness (QED) is 0.777. The summed E-state index contributed by atoms with van der Waals surface area (Å²) in [6.07, 6.45) is 4.98. The van der Waals surface area contributed by atoms with Crippen molar-refractivity contribution in [2.75, 3.05) is 19.7 Å². The summed E-state index contributed by atoms with van der Waals surface area (Å²) in [4.78, 5) is 2.58. The fraction of sp³-hybridized carbons (Fsp3) is 0.478. The molecule has 0 amide bonds. The van der Waals surface area contributed by atoms with Gasteiger partial charge in [-0.15, -0.1) is 0 Å². The van der Waals surface area contributed by atoms with E-state index in [1.165, 1.54) is 36.8 Å². The minimum atomic E-state index is 0.281. The molecule has 1 fully saturated rings. The summed E-state index contributed by atoms with van der Waals surface area (Å²) in [6, 6.07) is 21.9. The predicted molar refractivity (Wildman–Crippen MR) is 105 cm³/mol. The van der Waals surface area contributed by atoms with E-state index in [1.807, 2.05) is 0 Å². The number of benzene rings is 2. The highest BCUT2D eigenvalue weighted by Gasteiger charge is 2.32. The second kappa shape index (κ2) is 9.17. The third-order valence-electron chi connectivity index (χ3n) is 5.68. The Hall–Kier alpha value is -1.64. The second-order valence-corrected chi connectivity index (χ2v) is 7.35. The molecule has 0 aliphatic carbocycles. The maximum absolute atomic E-state index is 9.97. The highest BCUT2D eigenvalue weighted by molar-refractivity contribution is 5.32. The van der Waals surface area contributed by atoms with Crippen molar-refractivity contribution in [1.29, 1.82) is 0 Å². The topological polar surface area (TPSA) is 23.5 Å². The third-order valence-corrected chi connectivity index (χ3v) is 5.68. The molecule has 0 spiro atoms. The first-order chi connectivity index (χ1) is 12.3. The van der Waals surface area contributed by atoms with E-state index in [0.29, 0.717) is 18.4 Å². The van der Waals surface area contributed by atoms with Crippen LogP contribution in [0, 0.1) is 11.8 Å². The van der Waals surface area contributed by atoms with Gasteiger partial charge in [-0.1, -0.05) is 86.8 Å². The van der Waals surface area contributed by atoms with Crippen LogP contribution in [0.2, 0.25) is 0 Å². The fourth-order valence-corrected chi connectivity index (χ4v) is 4.28. The van der Waals surface area contributed by atoms with Crippen LogP contribution in [0.3, 0.4) is 0 Å². The number of hydrogen-bond donors (Lipinski definition) is 1. The van der Waals surface area contributed by atoms with E-state index >= 15 is 0 Å². The lowest BCUT2D eigenvalue weighted by atomic mass is 9.81. The molecule has 3 rings (SSSR count). The first-order valence-corrected chi connectivity index (χ1v) is 9.78. The molecule has 2 aromatic rings. The molecular formula is C23H31NO. The summed E-state index contributed by atoms with van der Waals surface area (Å²) in [5, 5.41) is 9.97. The number of likely N-dealkylation sites (tertiary alicyclic amines) is 1. The van der Waals surface area contributed by atoms with Crippen molar-refractivity contribution in [3.8, 4) is 0 Å². The lowest BCUT2D eigenvalue weighted by molar-refractivity contribution is 0.0516. The van der Waals surface area contributed by atoms with Gasteiger partial charge in [-0.2, -0.15) is 0 Å². The second-order valence-electron chi connectivity index (χ2n) is 7.35. The Morgan fingerprint density at radius 1 is 0.960 bits per heavy atom. The van der Waals surface area contributed by atoms with Crippen molar-refractivity contribution in [3.05, 3.63) is 71.8 Å². The summed E-state index contributed by atoms with van der Waals surface area (Å²) in [5.41, 5.74) is 2.69. The lowest BCUT2D eigenvalue weighted by Gasteiger charge is -2.42. The van der Waals surface area contributed by atoms with Crippen LogP contribution in [0.1, 0.15) is 49.8 Å². The molecule has 2 heteroatoms. The van der Waals surface area contributed by atoms with Crippen LogP contribution >= 0.6 is 0 Å². The minimum absolute atomic E-state index is 0.281. The Morgan fingerprint density at radius 3 is 2.08 bits per heavy atom. The van der Waals surface area contributed by atoms with E-state index in [2.05, 4.69) is 72.5 Å². The Balaban J connectivity index is 1.82. The summed E-state index contributed by atoms with van der Waals surface area (Å²) in [5.74, 6) is 1.07. The molecule has 2 nitrogen and oxygen atoms in total. The SMILES string of the molecule is CCCCC1CCN(C(c2ccccc2)c2ccccc2)CC1CO. The van der Waals surface area contributed by atoms with Gasteiger partial charge in [0.1, 0.15) is 0 Å². The van der Waals surface area contributed by atoms with Crippen molar-refractivity contribution in [2.45, 2.75) is 38.6 Å². The van der Waals surface area contributed by atoms with Gasteiger partial charge in [-0.3, -0.25) is 4.90 Å². The summed E-state index contributed by atoms with van der Waals surface area (Å²) in [6.45, 7) is 4.66. The zero-order valence-corrected chi connectivity index (χ0v) is 15.3. The standard InChI is InChI=1S/C23H31NO/c1-2-3-10-19-15-16-24(17-22(19)18-25)23(20-11-6-4-7-12-20)21-13-8-5-9-14-21/h4-9,11-14,19,22-23,25H,2-3,10,15-18H2,1H3. The van der Waals surface area contributed by atoms with E-state index in [1.54, 1.807) is 0 Å². The van der Waals surface area contributed by atoms with Gasteiger partial charge in [0.15, 0.2) is 0 Å². The molecule has 1 aliphatic heterocycles. The van der Waals surface area contributed by atoms with Gasteiger partial charge < -0.3 is 5.11 Å². The molecule has 0 radical (unpaired) electrons. The van der Waals surface area contributed by atoms with Crippen LogP contribution in [0.25, 0.3) is 0 Å². The zero-order chi connectivity index (χ0) is 17.5. The lowest BCUT2D eigenvalue weighted by Crippen LogP contribution is -2.44. The van der Waals surface area contributed by atoms with E-state index in [0.717, 1.165) is 13.1 Å². The average molecular weight is 338 g/mol. The van der Waals surface area contributed by atoms with Gasteiger partial charge in [-0.05, 0) is 35.9 Å². The Morgan fingerprint density at radius 2 is 1.56 bits per heavy atom. The van der Waals surface area contributed by atoms with E-state index < -0.39 is 0 Å². The Kier molecular flexibility index (Phi) is 6.66. The molecule has 2 aromatic carbocycles. The molecule has 0 bridgehead atoms. The van der Waals surface area contributed by atoms with Gasteiger partial charge >= 0.3 is 0 Å². The molecule has 1 aliphatic rings. The molecule has 0 saturated carbocycles. The smallest absolute Gasteiger partial charge is 0.0601 e. The number of hydrogen-bond acceptors (Lipinski definition) is 2. The van der Waals surface area contributed by atoms with Gasteiger partial charge in [0.25, 0.3) is 0 Å². The van der Waals surface area contributed by atoms with Crippen LogP contribution in [-0.4, -0.2) is 29.7 Å². The number of piperidine rings is 1. The summed E-state index contributed by atoms with van der Waals surface area (Å²) >= 11 is 0. The summed E-state index contributed by atoms with van der Waals surface area (Å²) in [7, 11) is 0. The molecule has 0 aromatic heterocycles. The van der Waals surface area contributed by atoms with Crippen LogP contribution in [-0.2, 0) is 0 Å². The van der Waals surface area contributed by atoms with Crippen molar-refractivity contribution >= 4 is 0 Å². The molecule has 2 atom stereocenters. The monoisotopic (exact) mass is 337 g/mol. The van der Waals surface area contributed by atoms with Crippen molar-refractivity contribution in [2.24, 2.45) is 11.8 Å². The van der Waals surface area contributed by atoms with Gasteiger partial charge in [0, 0.05) is 13.2 Å². The van der Waals surface area contributed by atoms with Crippen molar-refractivity contribution in [1.82, 2.24) is 4.90 Å². The average Bonchev–Trinajstić information content (AvgIpc) is 2.68. The molecule has 134 valence electrons. The first-order valence-electron chi connectivity index (χ1n) is 9.78. The maximum Gasteiger partial charge on any atom is 0.0601 e. The largest absolute Gasteiger partial charge is 0.396 e. The molecule has 1 N–H and O–H groups in total. The Bertz CT molecular complexity index is 573. The van der Waals surface area contributed by atoms with E-state index in [9.17, 15) is 5.11 Å². The molecule has 25 heavy (non-hydrogen) atoms. The number of aliphatic hydroxyl groups is 1. The molecule has 1 saturated heterocycles. The van der Waals surface area contributed by atoms with E-state index in [-0.39, 0.29) is 6.04 Å². The van der Waals surface area contributed by atoms with Crippen LogP contribution in [0.5, 0.6) is 0 Å². The predicted octanol–water partition coefficient (Wildman–Crippen LogP) is 4.90. The number of unbranched alkanes of at least 4 members (excludes halogenated alkanes) is 1. The van der Waals surface area contributed by atoms with Gasteiger partial charge in [0.2, 0.25) is 0 Å². The van der Waals surface area contributed by atoms with Crippen LogP contribution in [0.4, 0.5) is 0 Å². The van der Waals surface area contributed by atoms with Crippen molar-refractivity contribution in [3.63, 3.8) is 0 Å². The van der Waals surface area contributed by atoms with Gasteiger partial charge in [-0.25, -0.2) is 0 Å². The zero-order valence-electron chi connectivity index (χ0n) is 15.3. The molecular weight excluding hydrogens is 306 g/mol. The highest BCUT2D eigenvalue weighted by Crippen LogP contribution is 2.35. The van der Waals surface area contributed by atoms with Crippen LogP contribution < -0.4 is 0 Å². The molecule has 1 heterocycles. The normalized spacial score (nSPS) is 21.6. The number of nitrogens with zero attached hydrogens (tertiary/aromatic N) is 1. The fourth-order valence-electron chi connectivity index (χ4n) is 4.28. The van der Waals surface area contributed by atoms with E-state index in [4.69, 9.17) is 0 Å². The first kappa shape index (κ1) is 18.2. The van der Waals surface area contributed by atoms with Crippen LogP contribution in [0.15, 0.2) is 60.7 Å². The Labute approximate surface area is 152 Å². The van der Waals surface area contributed by atoms with Gasteiger partial charge in [0.05, 0.1) is 6.04 Å².